The summed E-state index contributed by atoms with van der Waals surface area (Å²) in [5.41, 5.74) is 1.11. The van der Waals surface area contributed by atoms with E-state index in [1.54, 1.807) is 0 Å². The number of halogens is 1. The van der Waals surface area contributed by atoms with E-state index in [9.17, 15) is 4.79 Å². The summed E-state index contributed by atoms with van der Waals surface area (Å²) in [6.45, 7) is 7.96. The third-order valence-corrected chi connectivity index (χ3v) is 3.76. The predicted octanol–water partition coefficient (Wildman–Crippen LogP) is 1.94. The molecule has 2 N–H and O–H groups in total. The molecule has 1 aromatic carbocycles. The fourth-order valence-electron chi connectivity index (χ4n) is 2.63. The minimum absolute atomic E-state index is 0. The summed E-state index contributed by atoms with van der Waals surface area (Å²) in [5, 5.41) is 6.18. The Morgan fingerprint density at radius 2 is 2.04 bits per heavy atom. The average Bonchev–Trinajstić information content (AvgIpc) is 2.58. The lowest BCUT2D eigenvalue weighted by Gasteiger charge is -2.23. The molecular weight excluding hydrogens is 344 g/mol. The van der Waals surface area contributed by atoms with E-state index >= 15 is 0 Å². The maximum Gasteiger partial charge on any atom is 0.222 e. The molecule has 0 spiro atoms. The van der Waals surface area contributed by atoms with Crippen molar-refractivity contribution in [1.82, 2.24) is 10.6 Å². The molecule has 7 heteroatoms. The van der Waals surface area contributed by atoms with Crippen molar-refractivity contribution in [1.29, 1.82) is 0 Å². The number of carbonyl (C=O) groups excluding carboxylic acids is 1. The Morgan fingerprint density at radius 3 is 2.72 bits per heavy atom. The van der Waals surface area contributed by atoms with Gasteiger partial charge >= 0.3 is 0 Å². The highest BCUT2D eigenvalue weighted by atomic mass is 35.5. The van der Waals surface area contributed by atoms with Crippen molar-refractivity contribution in [3.63, 3.8) is 0 Å². The number of rotatable bonds is 9. The molecule has 0 saturated carbocycles. The van der Waals surface area contributed by atoms with Gasteiger partial charge in [0, 0.05) is 19.6 Å². The van der Waals surface area contributed by atoms with Gasteiger partial charge in [-0.1, -0.05) is 6.07 Å². The van der Waals surface area contributed by atoms with Gasteiger partial charge in [0.15, 0.2) is 11.5 Å². The summed E-state index contributed by atoms with van der Waals surface area (Å²) >= 11 is 0. The molecule has 0 aliphatic carbocycles. The minimum Gasteiger partial charge on any atom is -0.490 e. The lowest BCUT2D eigenvalue weighted by Crippen LogP contribution is -2.41. The zero-order valence-electron chi connectivity index (χ0n) is 15.0. The topological polar surface area (TPSA) is 68.8 Å². The van der Waals surface area contributed by atoms with Crippen LogP contribution in [0.2, 0.25) is 0 Å². The normalized spacial score (nSPS) is 16.6. The van der Waals surface area contributed by atoms with Gasteiger partial charge in [-0.25, -0.2) is 0 Å². The summed E-state index contributed by atoms with van der Waals surface area (Å²) in [6, 6.07) is 5.91. The van der Waals surface area contributed by atoms with E-state index < -0.39 is 0 Å². The summed E-state index contributed by atoms with van der Waals surface area (Å²) in [6.07, 6.45) is 1.14. The van der Waals surface area contributed by atoms with Crippen molar-refractivity contribution in [3.8, 4) is 11.5 Å². The van der Waals surface area contributed by atoms with E-state index in [0.29, 0.717) is 32.8 Å². The molecule has 1 heterocycles. The van der Waals surface area contributed by atoms with Crippen molar-refractivity contribution >= 4 is 18.3 Å². The van der Waals surface area contributed by atoms with Gasteiger partial charge < -0.3 is 24.8 Å². The van der Waals surface area contributed by atoms with Crippen LogP contribution in [0, 0.1) is 0 Å². The average molecular weight is 373 g/mol. The van der Waals surface area contributed by atoms with Crippen molar-refractivity contribution in [2.24, 2.45) is 0 Å². The second kappa shape index (κ2) is 12.0. The smallest absolute Gasteiger partial charge is 0.222 e. The Labute approximate surface area is 156 Å². The predicted molar refractivity (Wildman–Crippen MR) is 100.0 cm³/mol. The summed E-state index contributed by atoms with van der Waals surface area (Å²) in [5.74, 6) is 1.54. The van der Waals surface area contributed by atoms with Crippen LogP contribution in [0.1, 0.15) is 25.8 Å². The fourth-order valence-corrected chi connectivity index (χ4v) is 2.63. The van der Waals surface area contributed by atoms with E-state index in [4.69, 9.17) is 14.2 Å². The van der Waals surface area contributed by atoms with Gasteiger partial charge in [0.25, 0.3) is 0 Å². The zero-order chi connectivity index (χ0) is 17.2. The van der Waals surface area contributed by atoms with Gasteiger partial charge in [0.1, 0.15) is 0 Å². The first kappa shape index (κ1) is 21.5. The van der Waals surface area contributed by atoms with E-state index in [2.05, 4.69) is 10.6 Å². The molecule has 1 aliphatic heterocycles. The lowest BCUT2D eigenvalue weighted by molar-refractivity contribution is -0.124. The van der Waals surface area contributed by atoms with Gasteiger partial charge in [-0.3, -0.25) is 4.79 Å². The van der Waals surface area contributed by atoms with Gasteiger partial charge in [-0.05, 0) is 38.0 Å². The van der Waals surface area contributed by atoms with Crippen LogP contribution in [0.5, 0.6) is 11.5 Å². The number of nitrogens with one attached hydrogen (secondary N) is 2. The first-order chi connectivity index (χ1) is 11.7. The third kappa shape index (κ3) is 7.50. The maximum atomic E-state index is 11.9. The maximum absolute atomic E-state index is 11.9. The molecule has 1 fully saturated rings. The van der Waals surface area contributed by atoms with Gasteiger partial charge in [-0.2, -0.15) is 0 Å². The third-order valence-electron chi connectivity index (χ3n) is 3.76. The molecule has 1 aliphatic rings. The fraction of sp³-hybridized carbons (Fsp3) is 0.611. The summed E-state index contributed by atoms with van der Waals surface area (Å²) in [4.78, 5) is 11.9. The van der Waals surface area contributed by atoms with E-state index in [0.717, 1.165) is 36.6 Å². The van der Waals surface area contributed by atoms with E-state index in [1.165, 1.54) is 0 Å². The highest BCUT2D eigenvalue weighted by molar-refractivity contribution is 5.85. The molecule has 0 radical (unpaired) electrons. The summed E-state index contributed by atoms with van der Waals surface area (Å²) < 4.78 is 16.7. The number of ether oxygens (including phenoxy) is 3. The van der Waals surface area contributed by atoms with Crippen LogP contribution >= 0.6 is 12.4 Å². The summed E-state index contributed by atoms with van der Waals surface area (Å²) in [7, 11) is 0. The second-order valence-electron chi connectivity index (χ2n) is 5.65. The first-order valence-corrected chi connectivity index (χ1v) is 8.70. The van der Waals surface area contributed by atoms with Crippen LogP contribution in [-0.2, 0) is 16.0 Å². The van der Waals surface area contributed by atoms with Crippen LogP contribution < -0.4 is 20.1 Å². The molecule has 142 valence electrons. The number of hydrogen-bond donors (Lipinski definition) is 2. The second-order valence-corrected chi connectivity index (χ2v) is 5.65. The van der Waals surface area contributed by atoms with Crippen LogP contribution in [0.3, 0.4) is 0 Å². The molecular formula is C18H29ClN2O4. The molecule has 1 saturated heterocycles. The van der Waals surface area contributed by atoms with E-state index in [-0.39, 0.29) is 24.4 Å². The minimum atomic E-state index is -0.0196. The highest BCUT2D eigenvalue weighted by Gasteiger charge is 2.17. The van der Waals surface area contributed by atoms with Crippen molar-refractivity contribution in [2.45, 2.75) is 32.8 Å². The van der Waals surface area contributed by atoms with Gasteiger partial charge in [-0.15, -0.1) is 12.4 Å². The molecule has 1 atom stereocenters. The molecule has 1 aromatic rings. The molecule has 0 bridgehead atoms. The van der Waals surface area contributed by atoms with E-state index in [1.807, 2.05) is 32.0 Å². The number of morpholine rings is 1. The van der Waals surface area contributed by atoms with Crippen molar-refractivity contribution < 1.29 is 19.0 Å². The largest absolute Gasteiger partial charge is 0.490 e. The van der Waals surface area contributed by atoms with Gasteiger partial charge in [0.05, 0.1) is 32.3 Å². The Kier molecular flexibility index (Phi) is 10.3. The zero-order valence-corrected chi connectivity index (χ0v) is 15.8. The monoisotopic (exact) mass is 372 g/mol. The lowest BCUT2D eigenvalue weighted by atomic mass is 10.1. The highest BCUT2D eigenvalue weighted by Crippen LogP contribution is 2.28. The molecule has 1 amide bonds. The molecule has 1 unspecified atom stereocenters. The van der Waals surface area contributed by atoms with Gasteiger partial charge in [0.2, 0.25) is 5.91 Å². The SMILES string of the molecule is CCOc1ccc(CCNC(=O)CC2CNCCO2)cc1OCC.Cl. The Balaban J connectivity index is 0.00000312. The standard InChI is InChI=1S/C18H28N2O4.ClH/c1-3-22-16-6-5-14(11-17(16)23-4-2)7-8-20-18(21)12-15-13-19-9-10-24-15;/h5-6,11,15,19H,3-4,7-10,12-13H2,1-2H3,(H,20,21);1H. The van der Waals surface area contributed by atoms with Crippen LogP contribution in [-0.4, -0.2) is 51.5 Å². The van der Waals surface area contributed by atoms with Crippen molar-refractivity contribution in [3.05, 3.63) is 23.8 Å². The van der Waals surface area contributed by atoms with Crippen molar-refractivity contribution in [2.75, 3.05) is 39.5 Å². The number of hydrogen-bond acceptors (Lipinski definition) is 5. The Morgan fingerprint density at radius 1 is 1.28 bits per heavy atom. The molecule has 0 aromatic heterocycles. The van der Waals surface area contributed by atoms with Crippen LogP contribution in [0.25, 0.3) is 0 Å². The number of amides is 1. The molecule has 25 heavy (non-hydrogen) atoms. The Hall–Kier alpha value is -1.50. The Bertz CT molecular complexity index is 522. The van der Waals surface area contributed by atoms with Crippen LogP contribution in [0.4, 0.5) is 0 Å². The quantitative estimate of drug-likeness (QED) is 0.693. The molecule has 2 rings (SSSR count). The first-order valence-electron chi connectivity index (χ1n) is 8.70. The molecule has 6 nitrogen and oxygen atoms in total. The number of benzene rings is 1. The number of carbonyl (C=O) groups is 1. The van der Waals surface area contributed by atoms with Crippen LogP contribution in [0.15, 0.2) is 18.2 Å².